The van der Waals surface area contributed by atoms with Crippen molar-refractivity contribution in [1.82, 2.24) is 25.2 Å². The summed E-state index contributed by atoms with van der Waals surface area (Å²) < 4.78 is 110. The molecule has 2 aliphatic rings. The number of aromatic nitrogens is 3. The third kappa shape index (κ3) is 7.60. The molecule has 248 valence electrons. The first-order valence-corrected chi connectivity index (χ1v) is 14.6. The van der Waals surface area contributed by atoms with Gasteiger partial charge in [0.05, 0.1) is 30.5 Å². The van der Waals surface area contributed by atoms with E-state index >= 15 is 4.39 Å². The zero-order valence-electron chi connectivity index (χ0n) is 25.3. The number of pyridine rings is 1. The zero-order valence-corrected chi connectivity index (χ0v) is 25.3. The molecule has 9 nitrogen and oxygen atoms in total. The van der Waals surface area contributed by atoms with Crippen LogP contribution in [-0.4, -0.2) is 78.3 Å². The molecule has 4 heterocycles. The van der Waals surface area contributed by atoms with E-state index in [1.807, 2.05) is 13.8 Å². The van der Waals surface area contributed by atoms with Gasteiger partial charge in [0, 0.05) is 37.7 Å². The van der Waals surface area contributed by atoms with E-state index in [4.69, 9.17) is 15.2 Å². The van der Waals surface area contributed by atoms with Gasteiger partial charge in [0.1, 0.15) is 28.2 Å². The van der Waals surface area contributed by atoms with Crippen LogP contribution in [0.1, 0.15) is 38.3 Å². The van der Waals surface area contributed by atoms with Crippen molar-refractivity contribution in [3.05, 3.63) is 28.8 Å². The third-order valence-electron chi connectivity index (χ3n) is 7.31. The van der Waals surface area contributed by atoms with Crippen LogP contribution >= 0.6 is 0 Å². The number of benzene rings is 1. The van der Waals surface area contributed by atoms with Crippen LogP contribution in [0.4, 0.5) is 42.2 Å². The fourth-order valence-electron chi connectivity index (χ4n) is 5.22. The molecule has 0 bridgehead atoms. The summed E-state index contributed by atoms with van der Waals surface area (Å²) in [5, 5.41) is 6.24. The highest BCUT2D eigenvalue weighted by Crippen LogP contribution is 2.44. The molecule has 1 atom stereocenters. The standard InChI is InChI=1S/C27H30F7N7O2.C2H6/c1-12-3-4-36-5-6-37-24-18-23(39-26(40-24)42-11-14-8-41(9-14)10-17(28)29)21(31)22(38-25(18)43-12)15-7-16(35)20(30)13(2)19(15)27(32,33)34;1-2/h7,12,14,17,36H,3-6,8-11,35H2,1-2H3,(H,37,39,40);1-2H3. The van der Waals surface area contributed by atoms with Gasteiger partial charge in [-0.3, -0.25) is 4.90 Å². The van der Waals surface area contributed by atoms with Crippen LogP contribution in [0.15, 0.2) is 6.07 Å². The molecule has 0 amide bonds. The Morgan fingerprint density at radius 1 is 1.09 bits per heavy atom. The largest absolute Gasteiger partial charge is 0.474 e. The van der Waals surface area contributed by atoms with Crippen LogP contribution in [0.2, 0.25) is 0 Å². The van der Waals surface area contributed by atoms with Crippen molar-refractivity contribution < 1.29 is 40.2 Å². The number of halogens is 7. The summed E-state index contributed by atoms with van der Waals surface area (Å²) in [4.78, 5) is 14.3. The van der Waals surface area contributed by atoms with Crippen LogP contribution in [0.3, 0.4) is 0 Å². The Labute approximate surface area is 255 Å². The fourth-order valence-corrected chi connectivity index (χ4v) is 5.22. The highest BCUT2D eigenvalue weighted by atomic mass is 19.4. The van der Waals surface area contributed by atoms with Crippen LogP contribution in [-0.2, 0) is 6.18 Å². The van der Waals surface area contributed by atoms with Crippen molar-refractivity contribution in [2.75, 3.05) is 56.9 Å². The van der Waals surface area contributed by atoms with Crippen molar-refractivity contribution in [2.24, 2.45) is 5.92 Å². The van der Waals surface area contributed by atoms with Crippen LogP contribution in [0.5, 0.6) is 11.9 Å². The van der Waals surface area contributed by atoms with Gasteiger partial charge < -0.3 is 25.8 Å². The Morgan fingerprint density at radius 2 is 1.80 bits per heavy atom. The lowest BCUT2D eigenvalue weighted by molar-refractivity contribution is -0.137. The quantitative estimate of drug-likeness (QED) is 0.231. The van der Waals surface area contributed by atoms with E-state index < -0.39 is 63.9 Å². The van der Waals surface area contributed by atoms with Gasteiger partial charge >= 0.3 is 12.2 Å². The van der Waals surface area contributed by atoms with Gasteiger partial charge in [-0.25, -0.2) is 22.5 Å². The second kappa shape index (κ2) is 14.2. The van der Waals surface area contributed by atoms with Crippen LogP contribution < -0.4 is 25.8 Å². The first-order chi connectivity index (χ1) is 21.3. The lowest BCUT2D eigenvalue weighted by Gasteiger charge is -2.38. The van der Waals surface area contributed by atoms with Gasteiger partial charge in [-0.15, -0.1) is 0 Å². The molecule has 16 heteroatoms. The molecule has 2 aliphatic heterocycles. The molecule has 1 unspecified atom stereocenters. The molecular formula is C29H36F7N7O2. The minimum atomic E-state index is -5.08. The number of alkyl halides is 5. The first-order valence-electron chi connectivity index (χ1n) is 14.6. The number of ether oxygens (including phenoxy) is 2. The van der Waals surface area contributed by atoms with E-state index in [1.54, 1.807) is 11.8 Å². The maximum absolute atomic E-state index is 16.3. The van der Waals surface area contributed by atoms with Crippen LogP contribution in [0.25, 0.3) is 22.2 Å². The van der Waals surface area contributed by atoms with Crippen molar-refractivity contribution >= 4 is 22.4 Å². The van der Waals surface area contributed by atoms with E-state index in [0.717, 1.165) is 6.92 Å². The molecule has 2 aromatic heterocycles. The second-order valence-electron chi connectivity index (χ2n) is 10.7. The highest BCUT2D eigenvalue weighted by Gasteiger charge is 2.39. The number of anilines is 2. The maximum atomic E-state index is 16.3. The molecule has 0 aliphatic carbocycles. The Kier molecular flexibility index (Phi) is 10.8. The Morgan fingerprint density at radius 3 is 2.47 bits per heavy atom. The van der Waals surface area contributed by atoms with Gasteiger partial charge in [-0.05, 0) is 38.4 Å². The topological polar surface area (TPSA) is 110 Å². The minimum Gasteiger partial charge on any atom is -0.474 e. The van der Waals surface area contributed by atoms with Gasteiger partial charge in [-0.1, -0.05) is 13.8 Å². The zero-order chi connectivity index (χ0) is 33.1. The molecule has 0 saturated carbocycles. The Balaban J connectivity index is 0.00000226. The highest BCUT2D eigenvalue weighted by molar-refractivity contribution is 5.96. The lowest BCUT2D eigenvalue weighted by Crippen LogP contribution is -2.50. The second-order valence-corrected chi connectivity index (χ2v) is 10.7. The number of nitrogens with one attached hydrogen (secondary N) is 2. The predicted molar refractivity (Wildman–Crippen MR) is 156 cm³/mol. The van der Waals surface area contributed by atoms with Crippen LogP contribution in [0, 0.1) is 24.5 Å². The summed E-state index contributed by atoms with van der Waals surface area (Å²) in [7, 11) is 0. The van der Waals surface area contributed by atoms with Gasteiger partial charge in [0.15, 0.2) is 5.82 Å². The number of hydrogen-bond donors (Lipinski definition) is 3. The van der Waals surface area contributed by atoms with E-state index in [9.17, 15) is 26.3 Å². The summed E-state index contributed by atoms with van der Waals surface area (Å²) in [6, 6.07) is 0.402. The molecule has 3 aromatic rings. The molecule has 1 fully saturated rings. The lowest BCUT2D eigenvalue weighted by atomic mass is 9.96. The molecule has 0 radical (unpaired) electrons. The molecule has 45 heavy (non-hydrogen) atoms. The predicted octanol–water partition coefficient (Wildman–Crippen LogP) is 5.65. The summed E-state index contributed by atoms with van der Waals surface area (Å²) >= 11 is 0. The molecule has 5 rings (SSSR count). The third-order valence-corrected chi connectivity index (χ3v) is 7.31. The summed E-state index contributed by atoms with van der Waals surface area (Å²) in [6.45, 7) is 8.40. The average Bonchev–Trinajstić information content (AvgIpc) is 2.98. The SMILES string of the molecule is CC.Cc1c(F)c(N)cc(-c2nc3c4c(nc(OCC5CN(CC(F)F)C5)nc4c2F)NCCNCCC(C)O3)c1C(F)(F)F. The molecule has 4 N–H and O–H groups in total. The smallest absolute Gasteiger partial charge is 0.417 e. The van der Waals surface area contributed by atoms with Crippen molar-refractivity contribution in [3.63, 3.8) is 0 Å². The van der Waals surface area contributed by atoms with E-state index in [2.05, 4.69) is 25.6 Å². The first kappa shape index (κ1) is 34.2. The molecule has 0 spiro atoms. The van der Waals surface area contributed by atoms with Gasteiger partial charge in [0.2, 0.25) is 5.88 Å². The van der Waals surface area contributed by atoms with E-state index in [-0.39, 0.29) is 42.2 Å². The van der Waals surface area contributed by atoms with Gasteiger partial charge in [0.25, 0.3) is 6.43 Å². The summed E-state index contributed by atoms with van der Waals surface area (Å²) in [6.07, 6.45) is -7.55. The van der Waals surface area contributed by atoms with Gasteiger partial charge in [-0.2, -0.15) is 23.1 Å². The van der Waals surface area contributed by atoms with E-state index in [0.29, 0.717) is 45.2 Å². The Hall–Kier alpha value is -3.66. The number of likely N-dealkylation sites (tertiary alicyclic amines) is 1. The maximum Gasteiger partial charge on any atom is 0.417 e. The summed E-state index contributed by atoms with van der Waals surface area (Å²) in [5.74, 6) is -2.79. The molecule has 1 saturated heterocycles. The number of nitrogen functional groups attached to an aromatic ring is 1. The monoisotopic (exact) mass is 647 g/mol. The van der Waals surface area contributed by atoms with Crippen molar-refractivity contribution in [1.29, 1.82) is 0 Å². The fraction of sp³-hybridized carbons (Fsp3) is 0.552. The Bertz CT molecular complexity index is 1500. The normalized spacial score (nSPS) is 17.9. The van der Waals surface area contributed by atoms with Crippen molar-refractivity contribution in [2.45, 2.75) is 52.8 Å². The summed E-state index contributed by atoms with van der Waals surface area (Å²) in [5.41, 5.74) is 0.800. The number of nitrogens with two attached hydrogens (primary N) is 1. The number of nitrogens with zero attached hydrogens (tertiary/aromatic N) is 4. The van der Waals surface area contributed by atoms with Crippen molar-refractivity contribution in [3.8, 4) is 23.1 Å². The number of rotatable bonds is 6. The molecular weight excluding hydrogens is 611 g/mol. The molecule has 1 aromatic carbocycles. The number of hydrogen-bond acceptors (Lipinski definition) is 9. The van der Waals surface area contributed by atoms with E-state index in [1.165, 1.54) is 0 Å². The average molecular weight is 648 g/mol. The minimum absolute atomic E-state index is 0.0190.